The minimum absolute atomic E-state index is 0.588. The van der Waals surface area contributed by atoms with Crippen LogP contribution < -0.4 is 15.5 Å². The van der Waals surface area contributed by atoms with Crippen LogP contribution in [-0.4, -0.2) is 24.6 Å². The van der Waals surface area contributed by atoms with E-state index in [0.717, 1.165) is 17.5 Å². The monoisotopic (exact) mass is 339 g/mol. The first-order valence-electron chi connectivity index (χ1n) is 8.03. The van der Waals surface area contributed by atoms with Gasteiger partial charge in [0.05, 0.1) is 12.8 Å². The summed E-state index contributed by atoms with van der Waals surface area (Å²) >= 11 is 0. The number of anilines is 1. The van der Waals surface area contributed by atoms with Crippen molar-refractivity contribution < 1.29 is 14.3 Å². The molecule has 0 fully saturated rings. The third-order valence-corrected chi connectivity index (χ3v) is 3.35. The molecule has 0 aliphatic rings. The summed E-state index contributed by atoms with van der Waals surface area (Å²) in [5.74, 6) is -0.944. The van der Waals surface area contributed by atoms with Crippen LogP contribution >= 0.6 is 0 Å². The van der Waals surface area contributed by atoms with Gasteiger partial charge in [0.2, 0.25) is 0 Å². The van der Waals surface area contributed by atoms with Gasteiger partial charge < -0.3 is 10.1 Å². The molecule has 0 aliphatic heterocycles. The van der Waals surface area contributed by atoms with Gasteiger partial charge in [0, 0.05) is 11.3 Å². The third kappa shape index (κ3) is 5.46. The average Bonchev–Trinajstić information content (AvgIpc) is 2.62. The first-order valence-corrected chi connectivity index (χ1v) is 8.03. The summed E-state index contributed by atoms with van der Waals surface area (Å²) in [5, 5.41) is 6.38. The molecule has 0 saturated carbocycles. The van der Waals surface area contributed by atoms with Gasteiger partial charge >= 0.3 is 11.8 Å². The number of hydrogen-bond acceptors (Lipinski definition) is 4. The molecular formula is C19H21N3O3. The lowest BCUT2D eigenvalue weighted by molar-refractivity contribution is -0.136. The van der Waals surface area contributed by atoms with Crippen molar-refractivity contribution >= 4 is 23.7 Å². The zero-order chi connectivity index (χ0) is 18.1. The molecule has 130 valence electrons. The van der Waals surface area contributed by atoms with Gasteiger partial charge in [-0.3, -0.25) is 9.59 Å². The van der Waals surface area contributed by atoms with Crippen molar-refractivity contribution in [2.45, 2.75) is 20.3 Å². The van der Waals surface area contributed by atoms with Crippen molar-refractivity contribution in [3.05, 3.63) is 59.7 Å². The fourth-order valence-corrected chi connectivity index (χ4v) is 2.03. The topological polar surface area (TPSA) is 79.8 Å². The lowest BCUT2D eigenvalue weighted by Crippen LogP contribution is -2.32. The molecule has 0 unspecified atom stereocenters. The number of para-hydroxylation sites is 2. The molecule has 0 heterocycles. The maximum atomic E-state index is 11.9. The third-order valence-electron chi connectivity index (χ3n) is 3.35. The van der Waals surface area contributed by atoms with Gasteiger partial charge in [0.1, 0.15) is 5.75 Å². The molecule has 0 aromatic heterocycles. The van der Waals surface area contributed by atoms with E-state index in [1.807, 2.05) is 50.2 Å². The molecule has 2 rings (SSSR count). The van der Waals surface area contributed by atoms with Crippen molar-refractivity contribution in [2.75, 3.05) is 11.9 Å². The van der Waals surface area contributed by atoms with Crippen LogP contribution in [0.3, 0.4) is 0 Å². The van der Waals surface area contributed by atoms with E-state index in [9.17, 15) is 9.59 Å². The summed E-state index contributed by atoms with van der Waals surface area (Å²) in [5.41, 5.74) is 4.39. The van der Waals surface area contributed by atoms with E-state index in [0.29, 0.717) is 18.0 Å². The zero-order valence-electron chi connectivity index (χ0n) is 14.3. The standard InChI is InChI=1S/C19H21N3O3/c1-3-12-25-17-11-7-5-9-15(17)13-20-22-19(24)18(23)21-16-10-6-4-8-14(16)2/h4-11,13H,3,12H2,1-2H3,(H,21,23)(H,22,24)/b20-13-. The molecule has 0 spiro atoms. The second-order valence-corrected chi connectivity index (χ2v) is 5.35. The summed E-state index contributed by atoms with van der Waals surface area (Å²) in [6, 6.07) is 14.5. The van der Waals surface area contributed by atoms with Crippen LogP contribution in [0.25, 0.3) is 0 Å². The number of carbonyl (C=O) groups is 2. The largest absolute Gasteiger partial charge is 0.493 e. The lowest BCUT2D eigenvalue weighted by Gasteiger charge is -2.08. The van der Waals surface area contributed by atoms with E-state index in [1.54, 1.807) is 12.1 Å². The van der Waals surface area contributed by atoms with Gasteiger partial charge in [-0.25, -0.2) is 5.43 Å². The highest BCUT2D eigenvalue weighted by molar-refractivity contribution is 6.39. The van der Waals surface area contributed by atoms with Crippen molar-refractivity contribution in [3.8, 4) is 5.75 Å². The Kier molecular flexibility index (Phi) is 6.71. The number of hydrazone groups is 1. The van der Waals surface area contributed by atoms with Crippen LogP contribution in [0.2, 0.25) is 0 Å². The van der Waals surface area contributed by atoms with Gasteiger partial charge in [0.15, 0.2) is 0 Å². The number of rotatable bonds is 6. The Hall–Kier alpha value is -3.15. The maximum Gasteiger partial charge on any atom is 0.329 e. The Morgan fingerprint density at radius 3 is 2.56 bits per heavy atom. The maximum absolute atomic E-state index is 11.9. The van der Waals surface area contributed by atoms with E-state index in [2.05, 4.69) is 15.8 Å². The van der Waals surface area contributed by atoms with Crippen LogP contribution in [0.4, 0.5) is 5.69 Å². The van der Waals surface area contributed by atoms with Gasteiger partial charge in [-0.15, -0.1) is 0 Å². The fourth-order valence-electron chi connectivity index (χ4n) is 2.03. The second kappa shape index (κ2) is 9.22. The minimum Gasteiger partial charge on any atom is -0.493 e. The molecule has 2 aromatic carbocycles. The molecule has 0 radical (unpaired) electrons. The molecular weight excluding hydrogens is 318 g/mol. The number of hydrogen-bond donors (Lipinski definition) is 2. The summed E-state index contributed by atoms with van der Waals surface area (Å²) in [7, 11) is 0. The highest BCUT2D eigenvalue weighted by Crippen LogP contribution is 2.16. The molecule has 6 nitrogen and oxygen atoms in total. The smallest absolute Gasteiger partial charge is 0.329 e. The number of benzene rings is 2. The van der Waals surface area contributed by atoms with Crippen LogP contribution in [0.15, 0.2) is 53.6 Å². The molecule has 25 heavy (non-hydrogen) atoms. The number of ether oxygens (including phenoxy) is 1. The number of amides is 2. The first kappa shape index (κ1) is 18.2. The van der Waals surface area contributed by atoms with Crippen LogP contribution in [-0.2, 0) is 9.59 Å². The van der Waals surface area contributed by atoms with E-state index in [4.69, 9.17) is 4.74 Å². The van der Waals surface area contributed by atoms with Crippen LogP contribution in [0.1, 0.15) is 24.5 Å². The summed E-state index contributed by atoms with van der Waals surface area (Å²) in [6.07, 6.45) is 2.34. The highest BCUT2D eigenvalue weighted by atomic mass is 16.5. The molecule has 2 amide bonds. The van der Waals surface area contributed by atoms with E-state index in [1.165, 1.54) is 6.21 Å². The van der Waals surface area contributed by atoms with Gasteiger partial charge in [-0.2, -0.15) is 5.10 Å². The Morgan fingerprint density at radius 2 is 1.80 bits per heavy atom. The predicted octanol–water partition coefficient (Wildman–Crippen LogP) is 2.87. The average molecular weight is 339 g/mol. The highest BCUT2D eigenvalue weighted by Gasteiger charge is 2.13. The van der Waals surface area contributed by atoms with Gasteiger partial charge in [-0.05, 0) is 37.1 Å². The SMILES string of the molecule is CCCOc1ccccc1/C=N\NC(=O)C(=O)Nc1ccccc1C. The first-order chi connectivity index (χ1) is 12.1. The van der Waals surface area contributed by atoms with E-state index < -0.39 is 11.8 Å². The minimum atomic E-state index is -0.841. The normalized spacial score (nSPS) is 10.5. The van der Waals surface area contributed by atoms with Crippen LogP contribution in [0.5, 0.6) is 5.75 Å². The Bertz CT molecular complexity index is 772. The van der Waals surface area contributed by atoms with E-state index >= 15 is 0 Å². The number of nitrogens with one attached hydrogen (secondary N) is 2. The van der Waals surface area contributed by atoms with E-state index in [-0.39, 0.29) is 0 Å². The Morgan fingerprint density at radius 1 is 1.08 bits per heavy atom. The quantitative estimate of drug-likeness (QED) is 0.482. The van der Waals surface area contributed by atoms with Gasteiger partial charge in [-0.1, -0.05) is 37.3 Å². The molecule has 0 atom stereocenters. The van der Waals surface area contributed by atoms with Gasteiger partial charge in [0.25, 0.3) is 0 Å². The molecule has 6 heteroatoms. The zero-order valence-corrected chi connectivity index (χ0v) is 14.3. The lowest BCUT2D eigenvalue weighted by atomic mass is 10.2. The molecule has 0 saturated heterocycles. The fraction of sp³-hybridized carbons (Fsp3) is 0.211. The molecule has 0 aliphatic carbocycles. The second-order valence-electron chi connectivity index (χ2n) is 5.35. The Labute approximate surface area is 146 Å². The summed E-state index contributed by atoms with van der Waals surface area (Å²) < 4.78 is 5.60. The predicted molar refractivity (Wildman–Crippen MR) is 97.8 cm³/mol. The molecule has 0 bridgehead atoms. The van der Waals surface area contributed by atoms with Crippen molar-refractivity contribution in [1.29, 1.82) is 0 Å². The molecule has 2 aromatic rings. The number of carbonyl (C=O) groups excluding carboxylic acids is 2. The number of aryl methyl sites for hydroxylation is 1. The molecule has 2 N–H and O–H groups in total. The Balaban J connectivity index is 1.94. The summed E-state index contributed by atoms with van der Waals surface area (Å²) in [6.45, 7) is 4.46. The van der Waals surface area contributed by atoms with Crippen molar-refractivity contribution in [2.24, 2.45) is 5.10 Å². The number of nitrogens with zero attached hydrogens (tertiary/aromatic N) is 1. The van der Waals surface area contributed by atoms with Crippen LogP contribution in [0, 0.1) is 6.92 Å². The van der Waals surface area contributed by atoms with Crippen molar-refractivity contribution in [1.82, 2.24) is 5.43 Å². The summed E-state index contributed by atoms with van der Waals surface area (Å²) in [4.78, 5) is 23.7. The van der Waals surface area contributed by atoms with Crippen molar-refractivity contribution in [3.63, 3.8) is 0 Å².